The maximum atomic E-state index is 4.06. The second kappa shape index (κ2) is 4.13. The van der Waals surface area contributed by atoms with Gasteiger partial charge in [0.25, 0.3) is 0 Å². The number of tetrazole rings is 1. The van der Waals surface area contributed by atoms with E-state index >= 15 is 0 Å². The van der Waals surface area contributed by atoms with E-state index in [0.29, 0.717) is 0 Å². The monoisotopic (exact) mass is 223 g/mol. The van der Waals surface area contributed by atoms with Gasteiger partial charge in [-0.1, -0.05) is 6.92 Å². The molecule has 5 nitrogen and oxygen atoms in total. The zero-order valence-electron chi connectivity index (χ0n) is 10.6. The zero-order chi connectivity index (χ0) is 11.8. The van der Waals surface area contributed by atoms with Crippen LogP contribution in [0.2, 0.25) is 0 Å². The summed E-state index contributed by atoms with van der Waals surface area (Å²) in [4.78, 5) is 0. The SMILES string of the molecule is CC1CC1Cn1nnnc1CNC(C)(C)C. The normalized spacial score (nSPS) is 24.8. The van der Waals surface area contributed by atoms with E-state index in [0.717, 1.165) is 30.7 Å². The Kier molecular flexibility index (Phi) is 2.97. The van der Waals surface area contributed by atoms with Crippen molar-refractivity contribution in [3.05, 3.63) is 5.82 Å². The summed E-state index contributed by atoms with van der Waals surface area (Å²) in [6.45, 7) is 10.4. The van der Waals surface area contributed by atoms with Gasteiger partial charge in [0, 0.05) is 12.1 Å². The summed E-state index contributed by atoms with van der Waals surface area (Å²) < 4.78 is 1.94. The molecule has 16 heavy (non-hydrogen) atoms. The van der Waals surface area contributed by atoms with Crippen LogP contribution in [0.5, 0.6) is 0 Å². The molecular formula is C11H21N5. The number of hydrogen-bond acceptors (Lipinski definition) is 4. The molecule has 1 aliphatic carbocycles. The van der Waals surface area contributed by atoms with Crippen LogP contribution in [0.3, 0.4) is 0 Å². The maximum Gasteiger partial charge on any atom is 0.165 e. The van der Waals surface area contributed by atoms with Crippen molar-refractivity contribution in [2.45, 2.75) is 52.7 Å². The molecule has 1 aromatic heterocycles. The molecule has 0 bridgehead atoms. The Morgan fingerprint density at radius 3 is 2.69 bits per heavy atom. The predicted molar refractivity (Wildman–Crippen MR) is 61.7 cm³/mol. The van der Waals surface area contributed by atoms with Crippen LogP contribution < -0.4 is 5.32 Å². The second-order valence-electron chi connectivity index (χ2n) is 5.85. The molecule has 1 saturated carbocycles. The molecule has 0 radical (unpaired) electrons. The van der Waals surface area contributed by atoms with Gasteiger partial charge < -0.3 is 5.32 Å². The standard InChI is InChI=1S/C11H21N5/c1-8-5-9(8)7-16-10(13-14-15-16)6-12-11(2,3)4/h8-9,12H,5-7H2,1-4H3. The van der Waals surface area contributed by atoms with Crippen molar-refractivity contribution >= 4 is 0 Å². The Labute approximate surface area is 96.6 Å². The van der Waals surface area contributed by atoms with Crippen molar-refractivity contribution < 1.29 is 0 Å². The van der Waals surface area contributed by atoms with E-state index in [2.05, 4.69) is 48.5 Å². The highest BCUT2D eigenvalue weighted by atomic mass is 15.5. The van der Waals surface area contributed by atoms with Gasteiger partial charge in [0.1, 0.15) is 0 Å². The Balaban J connectivity index is 1.91. The molecule has 0 aromatic carbocycles. The smallest absolute Gasteiger partial charge is 0.165 e. The third-order valence-corrected chi connectivity index (χ3v) is 3.07. The second-order valence-corrected chi connectivity index (χ2v) is 5.85. The van der Waals surface area contributed by atoms with E-state index in [1.807, 2.05) is 4.68 Å². The lowest BCUT2D eigenvalue weighted by Gasteiger charge is -2.19. The van der Waals surface area contributed by atoms with Crippen molar-refractivity contribution in [1.29, 1.82) is 0 Å². The van der Waals surface area contributed by atoms with Crippen LogP contribution in [0.15, 0.2) is 0 Å². The van der Waals surface area contributed by atoms with Crippen LogP contribution >= 0.6 is 0 Å². The summed E-state index contributed by atoms with van der Waals surface area (Å²) in [5.41, 5.74) is 0.101. The van der Waals surface area contributed by atoms with E-state index in [1.165, 1.54) is 6.42 Å². The summed E-state index contributed by atoms with van der Waals surface area (Å²) in [5.74, 6) is 2.55. The van der Waals surface area contributed by atoms with E-state index in [1.54, 1.807) is 0 Å². The fourth-order valence-corrected chi connectivity index (χ4v) is 1.71. The summed E-state index contributed by atoms with van der Waals surface area (Å²) in [7, 11) is 0. The molecule has 2 unspecified atom stereocenters. The van der Waals surface area contributed by atoms with Gasteiger partial charge in [-0.3, -0.25) is 0 Å². The Morgan fingerprint density at radius 1 is 1.44 bits per heavy atom. The predicted octanol–water partition coefficient (Wildman–Crippen LogP) is 1.22. The lowest BCUT2D eigenvalue weighted by Crippen LogP contribution is -2.36. The molecule has 0 saturated heterocycles. The molecule has 1 heterocycles. The maximum absolute atomic E-state index is 4.06. The topological polar surface area (TPSA) is 55.6 Å². The molecule has 2 rings (SSSR count). The quantitative estimate of drug-likeness (QED) is 0.833. The molecule has 0 amide bonds. The molecule has 2 atom stereocenters. The zero-order valence-corrected chi connectivity index (χ0v) is 10.6. The molecule has 1 fully saturated rings. The minimum atomic E-state index is 0.101. The van der Waals surface area contributed by atoms with E-state index < -0.39 is 0 Å². The van der Waals surface area contributed by atoms with Gasteiger partial charge in [0.05, 0.1) is 6.54 Å². The summed E-state index contributed by atoms with van der Waals surface area (Å²) in [6.07, 6.45) is 1.31. The Hall–Kier alpha value is -0.970. The Bertz CT molecular complexity index is 352. The largest absolute Gasteiger partial charge is 0.305 e. The lowest BCUT2D eigenvalue weighted by molar-refractivity contribution is 0.403. The van der Waals surface area contributed by atoms with Crippen molar-refractivity contribution in [2.75, 3.05) is 0 Å². The summed E-state index contributed by atoms with van der Waals surface area (Å²) in [5, 5.41) is 15.3. The molecule has 1 N–H and O–H groups in total. The molecular weight excluding hydrogens is 202 g/mol. The Morgan fingerprint density at radius 2 is 2.12 bits per heavy atom. The first-order chi connectivity index (χ1) is 7.46. The van der Waals surface area contributed by atoms with Crippen LogP contribution in [0.1, 0.15) is 39.9 Å². The lowest BCUT2D eigenvalue weighted by atomic mass is 10.1. The molecule has 5 heteroatoms. The number of nitrogens with zero attached hydrogens (tertiary/aromatic N) is 4. The first kappa shape index (κ1) is 11.5. The third-order valence-electron chi connectivity index (χ3n) is 3.07. The van der Waals surface area contributed by atoms with Gasteiger partial charge in [-0.15, -0.1) is 5.10 Å². The van der Waals surface area contributed by atoms with E-state index in [9.17, 15) is 0 Å². The van der Waals surface area contributed by atoms with Crippen molar-refractivity contribution in [3.8, 4) is 0 Å². The molecule has 90 valence electrons. The molecule has 1 aromatic rings. The van der Waals surface area contributed by atoms with Crippen LogP contribution in [-0.4, -0.2) is 25.7 Å². The van der Waals surface area contributed by atoms with Crippen LogP contribution in [0, 0.1) is 11.8 Å². The average Bonchev–Trinajstić information content (AvgIpc) is 2.70. The minimum absolute atomic E-state index is 0.101. The first-order valence-electron chi connectivity index (χ1n) is 5.96. The average molecular weight is 223 g/mol. The first-order valence-corrected chi connectivity index (χ1v) is 5.96. The van der Waals surface area contributed by atoms with E-state index in [-0.39, 0.29) is 5.54 Å². The van der Waals surface area contributed by atoms with Crippen LogP contribution in [-0.2, 0) is 13.1 Å². The van der Waals surface area contributed by atoms with Gasteiger partial charge in [0.15, 0.2) is 5.82 Å². The number of hydrogen-bond donors (Lipinski definition) is 1. The minimum Gasteiger partial charge on any atom is -0.305 e. The molecule has 0 spiro atoms. The van der Waals surface area contributed by atoms with Crippen molar-refractivity contribution in [1.82, 2.24) is 25.5 Å². The fraction of sp³-hybridized carbons (Fsp3) is 0.909. The number of aromatic nitrogens is 4. The number of nitrogens with one attached hydrogen (secondary N) is 1. The summed E-state index contributed by atoms with van der Waals surface area (Å²) in [6, 6.07) is 0. The van der Waals surface area contributed by atoms with Crippen LogP contribution in [0.25, 0.3) is 0 Å². The highest BCUT2D eigenvalue weighted by Crippen LogP contribution is 2.38. The van der Waals surface area contributed by atoms with Crippen molar-refractivity contribution in [3.63, 3.8) is 0 Å². The van der Waals surface area contributed by atoms with E-state index in [4.69, 9.17) is 0 Å². The van der Waals surface area contributed by atoms with Gasteiger partial charge in [-0.2, -0.15) is 0 Å². The van der Waals surface area contributed by atoms with Crippen molar-refractivity contribution in [2.24, 2.45) is 11.8 Å². The highest BCUT2D eigenvalue weighted by Gasteiger charge is 2.33. The van der Waals surface area contributed by atoms with Gasteiger partial charge in [-0.05, 0) is 49.5 Å². The molecule has 1 aliphatic rings. The number of rotatable bonds is 4. The third kappa shape index (κ3) is 3.01. The van der Waals surface area contributed by atoms with Gasteiger partial charge in [-0.25, -0.2) is 4.68 Å². The summed E-state index contributed by atoms with van der Waals surface area (Å²) >= 11 is 0. The molecule has 0 aliphatic heterocycles. The van der Waals surface area contributed by atoms with Gasteiger partial charge >= 0.3 is 0 Å². The highest BCUT2D eigenvalue weighted by molar-refractivity contribution is 4.88. The fourth-order valence-electron chi connectivity index (χ4n) is 1.71. The van der Waals surface area contributed by atoms with Crippen LogP contribution in [0.4, 0.5) is 0 Å². The van der Waals surface area contributed by atoms with Gasteiger partial charge in [0.2, 0.25) is 0 Å².